The molecule has 0 spiro atoms. The first-order valence-corrected chi connectivity index (χ1v) is 14.4. The Labute approximate surface area is 259 Å². The molecular formula is C32H24ClF4N3O3S. The molecule has 1 unspecified atom stereocenters. The van der Waals surface area contributed by atoms with E-state index in [2.05, 4.69) is 10.6 Å². The number of hydrogen-bond donors (Lipinski definition) is 3. The molecule has 0 fully saturated rings. The Balaban J connectivity index is 1.52. The Hall–Kier alpha value is -4.61. The number of hydrogen-bond acceptors (Lipinski definition) is 4. The van der Waals surface area contributed by atoms with Crippen molar-refractivity contribution in [2.75, 3.05) is 10.6 Å². The summed E-state index contributed by atoms with van der Waals surface area (Å²) in [5, 5.41) is 6.78. The van der Waals surface area contributed by atoms with Crippen LogP contribution in [0.5, 0.6) is 0 Å². The smallest absolute Gasteiger partial charge is 0.272 e. The molecule has 6 nitrogen and oxygen atoms in total. The molecule has 0 aliphatic heterocycles. The predicted octanol–water partition coefficient (Wildman–Crippen LogP) is 7.82. The van der Waals surface area contributed by atoms with E-state index in [1.165, 1.54) is 6.08 Å². The van der Waals surface area contributed by atoms with Crippen LogP contribution in [-0.4, -0.2) is 23.0 Å². The van der Waals surface area contributed by atoms with Crippen LogP contribution in [-0.2, 0) is 9.59 Å². The van der Waals surface area contributed by atoms with Gasteiger partial charge in [-0.05, 0) is 60.5 Å². The molecule has 12 heteroatoms. The maximum Gasteiger partial charge on any atom is 0.272 e. The van der Waals surface area contributed by atoms with Crippen molar-refractivity contribution in [1.82, 2.24) is 5.32 Å². The zero-order valence-electron chi connectivity index (χ0n) is 23.0. The lowest BCUT2D eigenvalue weighted by molar-refractivity contribution is -0.116. The number of anilines is 2. The van der Waals surface area contributed by atoms with Gasteiger partial charge in [-0.3, -0.25) is 14.4 Å². The molecule has 0 saturated heterocycles. The minimum Gasteiger partial charge on any atom is -0.321 e. The molecule has 0 bridgehead atoms. The number of carbonyl (C=O) groups is 3. The van der Waals surface area contributed by atoms with E-state index in [1.807, 2.05) is 5.32 Å². The van der Waals surface area contributed by atoms with Crippen LogP contribution in [0.25, 0.3) is 6.08 Å². The highest BCUT2D eigenvalue weighted by molar-refractivity contribution is 8.00. The van der Waals surface area contributed by atoms with Crippen molar-refractivity contribution in [3.8, 4) is 0 Å². The molecule has 1 atom stereocenters. The maximum absolute atomic E-state index is 14.1. The molecule has 3 amide bonds. The van der Waals surface area contributed by atoms with Crippen LogP contribution in [0, 0.1) is 23.3 Å². The molecule has 0 heterocycles. The Bertz CT molecular complexity index is 1710. The second-order valence-electron chi connectivity index (χ2n) is 9.26. The van der Waals surface area contributed by atoms with Crippen LogP contribution in [0.1, 0.15) is 29.3 Å². The zero-order chi connectivity index (χ0) is 31.8. The van der Waals surface area contributed by atoms with Gasteiger partial charge in [0, 0.05) is 27.2 Å². The monoisotopic (exact) mass is 641 g/mol. The van der Waals surface area contributed by atoms with Crippen LogP contribution < -0.4 is 16.0 Å². The van der Waals surface area contributed by atoms with Gasteiger partial charge in [0.2, 0.25) is 5.91 Å². The summed E-state index contributed by atoms with van der Waals surface area (Å²) in [5.74, 6) is -8.78. The molecule has 4 aromatic carbocycles. The van der Waals surface area contributed by atoms with Crippen LogP contribution in [0.15, 0.2) is 95.5 Å². The normalized spacial score (nSPS) is 11.9. The second kappa shape index (κ2) is 14.7. The summed E-state index contributed by atoms with van der Waals surface area (Å²) in [6.07, 6.45) is 1.65. The van der Waals surface area contributed by atoms with Crippen molar-refractivity contribution >= 4 is 58.5 Å². The van der Waals surface area contributed by atoms with Crippen molar-refractivity contribution < 1.29 is 31.9 Å². The Morgan fingerprint density at radius 1 is 0.841 bits per heavy atom. The van der Waals surface area contributed by atoms with Gasteiger partial charge in [0.05, 0.1) is 5.25 Å². The predicted molar refractivity (Wildman–Crippen MR) is 163 cm³/mol. The summed E-state index contributed by atoms with van der Waals surface area (Å²) in [6, 6.07) is 21.4. The second-order valence-corrected chi connectivity index (χ2v) is 11.0. The third-order valence-electron chi connectivity index (χ3n) is 6.08. The van der Waals surface area contributed by atoms with Gasteiger partial charge in [0.15, 0.2) is 23.3 Å². The molecule has 0 radical (unpaired) electrons. The van der Waals surface area contributed by atoms with Gasteiger partial charge in [0.25, 0.3) is 11.8 Å². The fourth-order valence-electron chi connectivity index (χ4n) is 3.92. The van der Waals surface area contributed by atoms with Gasteiger partial charge < -0.3 is 16.0 Å². The van der Waals surface area contributed by atoms with Gasteiger partial charge >= 0.3 is 0 Å². The van der Waals surface area contributed by atoms with E-state index >= 15 is 0 Å². The highest BCUT2D eigenvalue weighted by Gasteiger charge is 2.25. The highest BCUT2D eigenvalue weighted by atomic mass is 35.5. The van der Waals surface area contributed by atoms with E-state index in [9.17, 15) is 31.9 Å². The topological polar surface area (TPSA) is 87.3 Å². The zero-order valence-corrected chi connectivity index (χ0v) is 24.5. The van der Waals surface area contributed by atoms with Gasteiger partial charge in [0.1, 0.15) is 11.4 Å². The maximum atomic E-state index is 14.1. The first-order chi connectivity index (χ1) is 21.0. The number of benzene rings is 4. The lowest BCUT2D eigenvalue weighted by Gasteiger charge is -2.17. The molecule has 0 aliphatic carbocycles. The van der Waals surface area contributed by atoms with Crippen molar-refractivity contribution in [1.29, 1.82) is 0 Å². The third kappa shape index (κ3) is 8.27. The first-order valence-electron chi connectivity index (χ1n) is 13.1. The first kappa shape index (κ1) is 32.3. The van der Waals surface area contributed by atoms with E-state index in [0.29, 0.717) is 26.7 Å². The fourth-order valence-corrected chi connectivity index (χ4v) is 5.14. The van der Waals surface area contributed by atoms with Gasteiger partial charge in [-0.1, -0.05) is 54.9 Å². The number of rotatable bonds is 10. The molecular weight excluding hydrogens is 618 g/mol. The number of amides is 3. The van der Waals surface area contributed by atoms with Crippen LogP contribution in [0.3, 0.4) is 0 Å². The Morgan fingerprint density at radius 2 is 1.52 bits per heavy atom. The third-order valence-corrected chi connectivity index (χ3v) is 7.68. The average Bonchev–Trinajstić information content (AvgIpc) is 3.01. The van der Waals surface area contributed by atoms with Crippen molar-refractivity contribution in [2.45, 2.75) is 23.5 Å². The molecule has 0 saturated carbocycles. The van der Waals surface area contributed by atoms with Crippen LogP contribution >= 0.6 is 23.4 Å². The van der Waals surface area contributed by atoms with E-state index in [0.717, 1.165) is 11.8 Å². The van der Waals surface area contributed by atoms with Crippen molar-refractivity contribution in [3.05, 3.63) is 130 Å². The number of thioether (sulfide) groups is 1. The quantitative estimate of drug-likeness (QED) is 0.0713. The number of carbonyl (C=O) groups excluding carboxylic acids is 3. The van der Waals surface area contributed by atoms with Gasteiger partial charge in [-0.2, -0.15) is 0 Å². The van der Waals surface area contributed by atoms with Crippen LogP contribution in [0.2, 0.25) is 5.02 Å². The van der Waals surface area contributed by atoms with Crippen molar-refractivity contribution in [3.63, 3.8) is 0 Å². The average molecular weight is 642 g/mol. The largest absolute Gasteiger partial charge is 0.321 e. The summed E-state index contributed by atoms with van der Waals surface area (Å²) < 4.78 is 55.4. The minimum atomic E-state index is -1.72. The number of halogens is 5. The highest BCUT2D eigenvalue weighted by Crippen LogP contribution is 2.30. The van der Waals surface area contributed by atoms with Crippen LogP contribution in [0.4, 0.5) is 28.9 Å². The molecule has 44 heavy (non-hydrogen) atoms. The van der Waals surface area contributed by atoms with Gasteiger partial charge in [-0.25, -0.2) is 17.6 Å². The summed E-state index contributed by atoms with van der Waals surface area (Å²) in [5.41, 5.74) is -0.0884. The van der Waals surface area contributed by atoms with Crippen molar-refractivity contribution in [2.24, 2.45) is 0 Å². The SMILES string of the molecule is CCC(Sc1cccc(NC(=O)/C(=C/c2cccc(Cl)c2)NC(=O)c2ccccc2)c1)C(=O)Nc1c(F)c(F)cc(F)c1F. The van der Waals surface area contributed by atoms with E-state index in [1.54, 1.807) is 85.8 Å². The summed E-state index contributed by atoms with van der Waals surface area (Å²) in [7, 11) is 0. The Kier molecular flexibility index (Phi) is 10.8. The molecule has 4 aromatic rings. The number of nitrogens with one attached hydrogen (secondary N) is 3. The summed E-state index contributed by atoms with van der Waals surface area (Å²) in [4.78, 5) is 39.5. The van der Waals surface area contributed by atoms with Gasteiger partial charge in [-0.15, -0.1) is 11.8 Å². The van der Waals surface area contributed by atoms with E-state index in [4.69, 9.17) is 11.6 Å². The molecule has 0 aliphatic rings. The fraction of sp³-hybridized carbons (Fsp3) is 0.0938. The standard InChI is InChI=1S/C32H24ClF4N3O3S/c1-2-26(32(43)40-29-27(36)23(34)17-24(35)28(29)37)44-22-13-7-12-21(16-22)38-31(42)25(15-18-8-6-11-20(33)14-18)39-30(41)19-9-4-3-5-10-19/h3-17,26H,2H2,1H3,(H,38,42)(H,39,41)(H,40,43)/b25-15-. The minimum absolute atomic E-state index is 0.0505. The Morgan fingerprint density at radius 3 is 2.18 bits per heavy atom. The summed E-state index contributed by atoms with van der Waals surface area (Å²) in [6.45, 7) is 1.64. The van der Waals surface area contributed by atoms with E-state index < -0.39 is 51.9 Å². The molecule has 4 rings (SSSR count). The lowest BCUT2D eigenvalue weighted by atomic mass is 10.1. The molecule has 226 valence electrons. The molecule has 0 aromatic heterocycles. The lowest BCUT2D eigenvalue weighted by Crippen LogP contribution is -2.30. The summed E-state index contributed by atoms with van der Waals surface area (Å²) >= 11 is 7.09. The van der Waals surface area contributed by atoms with E-state index in [-0.39, 0.29) is 18.2 Å². The molecule has 3 N–H and O–H groups in total.